The molecule has 1 heterocycles. The summed E-state index contributed by atoms with van der Waals surface area (Å²) in [6.07, 6.45) is 0. The van der Waals surface area contributed by atoms with E-state index in [0.29, 0.717) is 0 Å². The first-order chi connectivity index (χ1) is 6.03. The highest BCUT2D eigenvalue weighted by atomic mass is 32.2. The van der Waals surface area contributed by atoms with E-state index in [4.69, 9.17) is 5.73 Å². The summed E-state index contributed by atoms with van der Waals surface area (Å²) in [5.74, 6) is -0.0421. The molecule has 1 rings (SSSR count). The smallest absolute Gasteiger partial charge is 0.189 e. The molecule has 2 N–H and O–H groups in total. The van der Waals surface area contributed by atoms with E-state index in [1.807, 2.05) is 0 Å². The van der Waals surface area contributed by atoms with Crippen molar-refractivity contribution >= 4 is 9.84 Å². The molecule has 0 aliphatic heterocycles. The fourth-order valence-corrected chi connectivity index (χ4v) is 1.84. The first-order valence-electron chi connectivity index (χ1n) is 3.67. The maximum Gasteiger partial charge on any atom is 0.189 e. The van der Waals surface area contributed by atoms with Crippen LogP contribution in [0.5, 0.6) is 0 Å². The summed E-state index contributed by atoms with van der Waals surface area (Å²) in [6.45, 7) is 0.114. The van der Waals surface area contributed by atoms with Gasteiger partial charge in [0.05, 0.1) is 12.8 Å². The number of nitrogens with two attached hydrogens (primary N) is 1. The zero-order chi connectivity index (χ0) is 9.90. The lowest BCUT2D eigenvalue weighted by atomic mass is 10.7. The lowest BCUT2D eigenvalue weighted by Crippen LogP contribution is -2.17. The molecular weight excluding hydrogens is 194 g/mol. The van der Waals surface area contributed by atoms with Crippen molar-refractivity contribution in [3.63, 3.8) is 0 Å². The minimum atomic E-state index is -3.17. The van der Waals surface area contributed by atoms with Crippen LogP contribution in [0.3, 0.4) is 0 Å². The Kier molecular flexibility index (Phi) is 2.94. The summed E-state index contributed by atoms with van der Waals surface area (Å²) in [4.78, 5) is 1.22. The van der Waals surface area contributed by atoms with Crippen LogP contribution in [-0.2, 0) is 22.6 Å². The highest BCUT2D eigenvalue weighted by Crippen LogP contribution is 1.97. The third kappa shape index (κ3) is 3.07. The maximum absolute atomic E-state index is 11.2. The van der Waals surface area contributed by atoms with Gasteiger partial charge in [0.2, 0.25) is 0 Å². The number of hydrogen-bond acceptors (Lipinski definition) is 6. The van der Waals surface area contributed by atoms with Crippen LogP contribution < -0.4 is 5.73 Å². The topological polar surface area (TPSA) is 104 Å². The van der Waals surface area contributed by atoms with Crippen molar-refractivity contribution in [1.29, 1.82) is 0 Å². The molecule has 0 aliphatic carbocycles. The van der Waals surface area contributed by atoms with Crippen LogP contribution in [0.4, 0.5) is 0 Å². The molecule has 7 nitrogen and oxygen atoms in total. The number of aromatic nitrogens is 4. The van der Waals surface area contributed by atoms with Crippen molar-refractivity contribution in [2.24, 2.45) is 12.8 Å². The normalized spacial score (nSPS) is 11.8. The zero-order valence-corrected chi connectivity index (χ0v) is 8.03. The minimum Gasteiger partial charge on any atom is -0.329 e. The van der Waals surface area contributed by atoms with Crippen molar-refractivity contribution < 1.29 is 8.42 Å². The quantitative estimate of drug-likeness (QED) is 0.614. The van der Waals surface area contributed by atoms with E-state index in [-0.39, 0.29) is 23.9 Å². The minimum absolute atomic E-state index is 0.0503. The molecule has 0 fully saturated rings. The molecule has 1 aromatic rings. The molecule has 13 heavy (non-hydrogen) atoms. The second-order valence-electron chi connectivity index (χ2n) is 2.58. The molecule has 0 spiro atoms. The Bertz CT molecular complexity index is 370. The van der Waals surface area contributed by atoms with Gasteiger partial charge in [-0.05, 0) is 5.21 Å². The first-order valence-corrected chi connectivity index (χ1v) is 5.49. The van der Waals surface area contributed by atoms with Gasteiger partial charge in [-0.2, -0.15) is 4.80 Å². The number of hydrogen-bond donors (Lipinski definition) is 1. The van der Waals surface area contributed by atoms with Gasteiger partial charge < -0.3 is 5.73 Å². The van der Waals surface area contributed by atoms with Gasteiger partial charge in [-0.1, -0.05) is 0 Å². The van der Waals surface area contributed by atoms with Gasteiger partial charge in [0, 0.05) is 6.54 Å². The molecule has 0 aliphatic rings. The molecule has 0 unspecified atom stereocenters. The van der Waals surface area contributed by atoms with E-state index in [0.717, 1.165) is 0 Å². The predicted molar refractivity (Wildman–Crippen MR) is 45.3 cm³/mol. The number of rotatable bonds is 4. The van der Waals surface area contributed by atoms with Gasteiger partial charge in [-0.25, -0.2) is 8.42 Å². The Balaban J connectivity index is 2.69. The van der Waals surface area contributed by atoms with Gasteiger partial charge in [-0.3, -0.25) is 0 Å². The summed E-state index contributed by atoms with van der Waals surface area (Å²) in [6, 6.07) is 0. The molecule has 0 bridgehead atoms. The van der Waals surface area contributed by atoms with Crippen molar-refractivity contribution in [2.45, 2.75) is 5.75 Å². The average molecular weight is 205 g/mol. The molecule has 0 radical (unpaired) electrons. The molecule has 8 heteroatoms. The second-order valence-corrected chi connectivity index (χ2v) is 4.76. The highest BCUT2D eigenvalue weighted by Gasteiger charge is 2.14. The summed E-state index contributed by atoms with van der Waals surface area (Å²) in [7, 11) is -1.60. The third-order valence-electron chi connectivity index (χ3n) is 1.33. The fraction of sp³-hybridized carbons (Fsp3) is 0.800. The largest absolute Gasteiger partial charge is 0.329 e. The van der Waals surface area contributed by atoms with E-state index < -0.39 is 9.84 Å². The summed E-state index contributed by atoms with van der Waals surface area (Å²) in [5.41, 5.74) is 5.13. The second kappa shape index (κ2) is 3.79. The van der Waals surface area contributed by atoms with Crippen molar-refractivity contribution in [2.75, 3.05) is 12.3 Å². The van der Waals surface area contributed by atoms with Crippen molar-refractivity contribution in [3.05, 3.63) is 5.82 Å². The van der Waals surface area contributed by atoms with E-state index >= 15 is 0 Å². The van der Waals surface area contributed by atoms with Crippen LogP contribution in [0.2, 0.25) is 0 Å². The Morgan fingerprint density at radius 2 is 2.23 bits per heavy atom. The zero-order valence-electron chi connectivity index (χ0n) is 7.21. The third-order valence-corrected chi connectivity index (χ3v) is 2.88. The van der Waals surface area contributed by atoms with Crippen LogP contribution >= 0.6 is 0 Å². The summed E-state index contributed by atoms with van der Waals surface area (Å²) < 4.78 is 22.4. The van der Waals surface area contributed by atoms with E-state index in [1.54, 1.807) is 7.05 Å². The van der Waals surface area contributed by atoms with Gasteiger partial charge in [0.1, 0.15) is 5.75 Å². The maximum atomic E-state index is 11.2. The van der Waals surface area contributed by atoms with Crippen LogP contribution in [0.15, 0.2) is 0 Å². The van der Waals surface area contributed by atoms with Gasteiger partial charge in [0.25, 0.3) is 0 Å². The van der Waals surface area contributed by atoms with E-state index in [2.05, 4.69) is 15.4 Å². The predicted octanol–water partition coefficient (Wildman–Crippen LogP) is -1.92. The molecule has 0 saturated heterocycles. The first kappa shape index (κ1) is 10.1. The van der Waals surface area contributed by atoms with Crippen molar-refractivity contribution in [1.82, 2.24) is 20.2 Å². The average Bonchev–Trinajstić information content (AvgIpc) is 2.34. The lowest BCUT2D eigenvalue weighted by Gasteiger charge is -1.96. The van der Waals surface area contributed by atoms with Gasteiger partial charge >= 0.3 is 0 Å². The number of aryl methyl sites for hydroxylation is 1. The highest BCUT2D eigenvalue weighted by molar-refractivity contribution is 7.90. The van der Waals surface area contributed by atoms with Crippen LogP contribution in [-0.4, -0.2) is 40.9 Å². The molecule has 0 atom stereocenters. The number of sulfone groups is 1. The summed E-state index contributed by atoms with van der Waals surface area (Å²) >= 11 is 0. The van der Waals surface area contributed by atoms with Gasteiger partial charge in [0.15, 0.2) is 15.7 Å². The van der Waals surface area contributed by atoms with Crippen LogP contribution in [0, 0.1) is 0 Å². The number of nitrogens with zero attached hydrogens (tertiary/aromatic N) is 4. The molecule has 1 aromatic heterocycles. The van der Waals surface area contributed by atoms with Crippen molar-refractivity contribution in [3.8, 4) is 0 Å². The molecule has 0 saturated carbocycles. The standard InChI is InChI=1S/C5H11N5O2S/c1-10-8-5(7-9-10)4-13(11,12)3-2-6/h2-4,6H2,1H3. The number of tetrazole rings is 1. The molecule has 0 aromatic carbocycles. The SMILES string of the molecule is Cn1nnc(CS(=O)(=O)CCN)n1. The fourth-order valence-electron chi connectivity index (χ4n) is 0.830. The lowest BCUT2D eigenvalue weighted by molar-refractivity contribution is 0.593. The van der Waals surface area contributed by atoms with Gasteiger partial charge in [-0.15, -0.1) is 10.2 Å². The van der Waals surface area contributed by atoms with E-state index in [9.17, 15) is 8.42 Å². The monoisotopic (exact) mass is 205 g/mol. The molecular formula is C5H11N5O2S. The Morgan fingerprint density at radius 1 is 1.54 bits per heavy atom. The molecule has 0 amide bonds. The van der Waals surface area contributed by atoms with Crippen LogP contribution in [0.25, 0.3) is 0 Å². The Labute approximate surface area is 75.8 Å². The Hall–Kier alpha value is -1.02. The van der Waals surface area contributed by atoms with E-state index in [1.165, 1.54) is 4.80 Å². The Morgan fingerprint density at radius 3 is 2.69 bits per heavy atom. The molecule has 74 valence electrons. The van der Waals surface area contributed by atoms with Crippen LogP contribution in [0.1, 0.15) is 5.82 Å². The summed E-state index contributed by atoms with van der Waals surface area (Å²) in [5, 5.41) is 10.8.